The van der Waals surface area contributed by atoms with Crippen molar-refractivity contribution in [2.75, 3.05) is 24.5 Å². The quantitative estimate of drug-likeness (QED) is 0.864. The Kier molecular flexibility index (Phi) is 8.09. The predicted octanol–water partition coefficient (Wildman–Crippen LogP) is 2.38. The number of hydrogen-bond donors (Lipinski definition) is 2. The highest BCUT2D eigenvalue weighted by Crippen LogP contribution is 2.26. The van der Waals surface area contributed by atoms with E-state index in [1.165, 1.54) is 12.8 Å². The maximum absolute atomic E-state index is 12.6. The Morgan fingerprint density at radius 1 is 1.26 bits per heavy atom. The van der Waals surface area contributed by atoms with E-state index >= 15 is 0 Å². The highest BCUT2D eigenvalue weighted by Gasteiger charge is 2.29. The number of carbonyl (C=O) groups excluding carboxylic acids is 1. The SMILES string of the molecule is Cl.Cl.NCC1CCCC1NC(=O)c1cccnc1N1CCCC1. The molecule has 1 amide bonds. The molecule has 1 saturated carbocycles. The molecule has 2 atom stereocenters. The lowest BCUT2D eigenvalue weighted by Gasteiger charge is -2.22. The van der Waals surface area contributed by atoms with Gasteiger partial charge in [-0.25, -0.2) is 4.98 Å². The van der Waals surface area contributed by atoms with E-state index in [2.05, 4.69) is 15.2 Å². The minimum atomic E-state index is -0.00431. The van der Waals surface area contributed by atoms with Crippen molar-refractivity contribution in [3.8, 4) is 0 Å². The van der Waals surface area contributed by atoms with E-state index in [9.17, 15) is 4.79 Å². The highest BCUT2D eigenvalue weighted by molar-refractivity contribution is 5.99. The minimum Gasteiger partial charge on any atom is -0.356 e. The Labute approximate surface area is 150 Å². The summed E-state index contributed by atoms with van der Waals surface area (Å²) in [6, 6.07) is 3.93. The third kappa shape index (κ3) is 4.49. The van der Waals surface area contributed by atoms with Crippen LogP contribution in [0.1, 0.15) is 42.5 Å². The highest BCUT2D eigenvalue weighted by atomic mass is 35.5. The zero-order valence-electron chi connectivity index (χ0n) is 13.2. The molecule has 1 aliphatic carbocycles. The molecule has 0 spiro atoms. The van der Waals surface area contributed by atoms with Crippen LogP contribution >= 0.6 is 24.8 Å². The monoisotopic (exact) mass is 360 g/mol. The van der Waals surface area contributed by atoms with Gasteiger partial charge in [0.1, 0.15) is 5.82 Å². The van der Waals surface area contributed by atoms with Crippen molar-refractivity contribution < 1.29 is 4.79 Å². The summed E-state index contributed by atoms with van der Waals surface area (Å²) in [7, 11) is 0. The van der Waals surface area contributed by atoms with Crippen LogP contribution < -0.4 is 16.0 Å². The first-order valence-electron chi connectivity index (χ1n) is 8.00. The van der Waals surface area contributed by atoms with Crippen LogP contribution in [0, 0.1) is 5.92 Å². The summed E-state index contributed by atoms with van der Waals surface area (Å²) in [5.74, 6) is 1.24. The van der Waals surface area contributed by atoms with E-state index in [4.69, 9.17) is 5.73 Å². The lowest BCUT2D eigenvalue weighted by Crippen LogP contribution is -2.40. The molecule has 7 heteroatoms. The third-order valence-electron chi connectivity index (χ3n) is 4.72. The summed E-state index contributed by atoms with van der Waals surface area (Å²) in [5.41, 5.74) is 6.49. The van der Waals surface area contributed by atoms with Gasteiger partial charge in [-0.15, -0.1) is 24.8 Å². The first kappa shape index (κ1) is 20.0. The molecule has 1 aromatic rings. The van der Waals surface area contributed by atoms with Crippen molar-refractivity contribution in [3.05, 3.63) is 23.9 Å². The van der Waals surface area contributed by atoms with E-state index < -0.39 is 0 Å². The molecule has 2 aliphatic rings. The molecule has 130 valence electrons. The molecule has 3 rings (SSSR count). The Hall–Kier alpha value is -1.04. The van der Waals surface area contributed by atoms with Crippen molar-refractivity contribution >= 4 is 36.5 Å². The minimum absolute atomic E-state index is 0. The number of anilines is 1. The van der Waals surface area contributed by atoms with Gasteiger partial charge in [0.2, 0.25) is 0 Å². The van der Waals surface area contributed by atoms with Crippen LogP contribution in [0.3, 0.4) is 0 Å². The Morgan fingerprint density at radius 2 is 2.00 bits per heavy atom. The van der Waals surface area contributed by atoms with E-state index in [1.807, 2.05) is 12.1 Å². The fourth-order valence-electron chi connectivity index (χ4n) is 3.51. The number of nitrogens with zero attached hydrogens (tertiary/aromatic N) is 2. The van der Waals surface area contributed by atoms with Crippen molar-refractivity contribution in [2.24, 2.45) is 11.7 Å². The van der Waals surface area contributed by atoms with E-state index in [-0.39, 0.29) is 36.8 Å². The van der Waals surface area contributed by atoms with Gasteiger partial charge in [0.05, 0.1) is 5.56 Å². The lowest BCUT2D eigenvalue weighted by atomic mass is 10.0. The standard InChI is InChI=1S/C16H24N4O.2ClH/c17-11-12-5-3-7-14(12)19-16(21)13-6-4-8-18-15(13)20-9-1-2-10-20;;/h4,6,8,12,14H,1-3,5,7,9-11,17H2,(H,19,21);2*1H. The van der Waals surface area contributed by atoms with Gasteiger partial charge in [0, 0.05) is 25.3 Å². The van der Waals surface area contributed by atoms with Gasteiger partial charge in [-0.1, -0.05) is 6.42 Å². The van der Waals surface area contributed by atoms with Crippen LogP contribution in [0.5, 0.6) is 0 Å². The molecular weight excluding hydrogens is 335 g/mol. The molecule has 5 nitrogen and oxygen atoms in total. The van der Waals surface area contributed by atoms with Gasteiger partial charge >= 0.3 is 0 Å². The first-order valence-corrected chi connectivity index (χ1v) is 8.00. The van der Waals surface area contributed by atoms with Crippen molar-refractivity contribution in [3.63, 3.8) is 0 Å². The maximum Gasteiger partial charge on any atom is 0.255 e. The number of hydrogen-bond acceptors (Lipinski definition) is 4. The summed E-state index contributed by atoms with van der Waals surface area (Å²) in [6.07, 6.45) is 7.42. The normalized spacial score (nSPS) is 23.1. The van der Waals surface area contributed by atoms with Crippen LogP contribution in [0.2, 0.25) is 0 Å². The lowest BCUT2D eigenvalue weighted by molar-refractivity contribution is 0.0929. The molecule has 23 heavy (non-hydrogen) atoms. The molecule has 3 N–H and O–H groups in total. The molecule has 0 bridgehead atoms. The number of halogens is 2. The number of pyridine rings is 1. The Morgan fingerprint density at radius 3 is 2.70 bits per heavy atom. The number of nitrogens with one attached hydrogen (secondary N) is 1. The predicted molar refractivity (Wildman–Crippen MR) is 97.8 cm³/mol. The number of nitrogens with two attached hydrogens (primary N) is 1. The van der Waals surface area contributed by atoms with Gasteiger partial charge in [0.25, 0.3) is 5.91 Å². The second-order valence-electron chi connectivity index (χ2n) is 6.08. The van der Waals surface area contributed by atoms with Gasteiger partial charge in [-0.05, 0) is 50.3 Å². The topological polar surface area (TPSA) is 71.2 Å². The number of aromatic nitrogens is 1. The average molecular weight is 361 g/mol. The molecule has 2 fully saturated rings. The summed E-state index contributed by atoms with van der Waals surface area (Å²) < 4.78 is 0. The van der Waals surface area contributed by atoms with Crippen LogP contribution in [0.25, 0.3) is 0 Å². The van der Waals surface area contributed by atoms with Crippen LogP contribution in [0.4, 0.5) is 5.82 Å². The summed E-state index contributed by atoms with van der Waals surface area (Å²) in [4.78, 5) is 19.3. The van der Waals surface area contributed by atoms with E-state index in [0.717, 1.165) is 38.2 Å². The zero-order chi connectivity index (χ0) is 14.7. The number of amides is 1. The van der Waals surface area contributed by atoms with Gasteiger partial charge < -0.3 is 16.0 Å². The maximum atomic E-state index is 12.6. The van der Waals surface area contributed by atoms with Gasteiger partial charge in [0.15, 0.2) is 0 Å². The molecule has 0 aromatic carbocycles. The van der Waals surface area contributed by atoms with Crippen molar-refractivity contribution in [1.29, 1.82) is 0 Å². The summed E-state index contributed by atoms with van der Waals surface area (Å²) in [5, 5.41) is 3.17. The Bertz CT molecular complexity index is 509. The van der Waals surface area contributed by atoms with Crippen molar-refractivity contribution in [1.82, 2.24) is 10.3 Å². The van der Waals surface area contributed by atoms with Crippen LogP contribution in [0.15, 0.2) is 18.3 Å². The molecule has 1 saturated heterocycles. The molecule has 1 aliphatic heterocycles. The zero-order valence-corrected chi connectivity index (χ0v) is 14.9. The first-order chi connectivity index (χ1) is 10.3. The fraction of sp³-hybridized carbons (Fsp3) is 0.625. The fourth-order valence-corrected chi connectivity index (χ4v) is 3.51. The van der Waals surface area contributed by atoms with E-state index in [0.29, 0.717) is 18.0 Å². The van der Waals surface area contributed by atoms with Crippen LogP contribution in [-0.4, -0.2) is 36.6 Å². The number of carbonyl (C=O) groups is 1. The second-order valence-corrected chi connectivity index (χ2v) is 6.08. The molecule has 1 aromatic heterocycles. The molecule has 2 unspecified atom stereocenters. The smallest absolute Gasteiger partial charge is 0.255 e. The average Bonchev–Trinajstić information content (AvgIpc) is 3.18. The number of rotatable bonds is 4. The van der Waals surface area contributed by atoms with Crippen molar-refractivity contribution in [2.45, 2.75) is 38.1 Å². The van der Waals surface area contributed by atoms with Gasteiger partial charge in [-0.2, -0.15) is 0 Å². The largest absolute Gasteiger partial charge is 0.356 e. The van der Waals surface area contributed by atoms with Crippen LogP contribution in [-0.2, 0) is 0 Å². The summed E-state index contributed by atoms with van der Waals surface area (Å²) in [6.45, 7) is 2.63. The summed E-state index contributed by atoms with van der Waals surface area (Å²) >= 11 is 0. The molecule has 2 heterocycles. The third-order valence-corrected chi connectivity index (χ3v) is 4.72. The Balaban J connectivity index is 0.00000132. The molecular formula is C16H26Cl2N4O. The van der Waals surface area contributed by atoms with Gasteiger partial charge in [-0.3, -0.25) is 4.79 Å². The van der Waals surface area contributed by atoms with E-state index in [1.54, 1.807) is 6.20 Å². The molecule has 0 radical (unpaired) electrons. The second kappa shape index (κ2) is 9.30.